The molecule has 4 nitrogen and oxygen atoms in total. The van der Waals surface area contributed by atoms with Crippen molar-refractivity contribution in [2.24, 2.45) is 0 Å². The molecule has 1 spiro atoms. The molecule has 2 aromatic carbocycles. The predicted molar refractivity (Wildman–Crippen MR) is 88.3 cm³/mol. The lowest BCUT2D eigenvalue weighted by Gasteiger charge is -2.22. The zero-order chi connectivity index (χ0) is 15.7. The number of hydrogen-bond acceptors (Lipinski definition) is 3. The Balaban J connectivity index is 1.42. The first-order valence-corrected chi connectivity index (χ1v) is 8.34. The monoisotopic (exact) mass is 311 g/mol. The first-order chi connectivity index (χ1) is 11.3. The number of ether oxygens (including phenoxy) is 2. The summed E-state index contributed by atoms with van der Waals surface area (Å²) in [6.45, 7) is 1.06. The lowest BCUT2D eigenvalue weighted by atomic mass is 10.0. The number of rotatable bonds is 3. The Kier molecular flexibility index (Phi) is 3.79. The molecule has 1 saturated carbocycles. The largest absolute Gasteiger partial charge is 0.349 e. The van der Waals surface area contributed by atoms with Crippen LogP contribution >= 0.6 is 0 Å². The van der Waals surface area contributed by atoms with E-state index in [9.17, 15) is 4.79 Å². The van der Waals surface area contributed by atoms with Crippen molar-refractivity contribution >= 4 is 16.7 Å². The molecule has 4 heteroatoms. The fourth-order valence-electron chi connectivity index (χ4n) is 3.62. The third-order valence-electron chi connectivity index (χ3n) is 4.80. The number of hydrogen-bond donors (Lipinski definition) is 1. The van der Waals surface area contributed by atoms with Crippen LogP contribution in [0.1, 0.15) is 36.0 Å². The van der Waals surface area contributed by atoms with Crippen molar-refractivity contribution in [3.8, 4) is 0 Å². The fourth-order valence-corrected chi connectivity index (χ4v) is 3.62. The highest BCUT2D eigenvalue weighted by Crippen LogP contribution is 2.39. The summed E-state index contributed by atoms with van der Waals surface area (Å²) < 4.78 is 11.9. The molecule has 1 N–H and O–H groups in total. The molecule has 0 radical (unpaired) electrons. The standard InChI is InChI=1S/C19H21NO3/c21-18(17-9-5-7-14-6-1-2-8-16(14)17)20-12-15-13-22-19(23-15)10-3-4-11-19/h1-2,5-9,15H,3-4,10-13H2,(H,20,21)/t15-/m0/s1. The maximum Gasteiger partial charge on any atom is 0.252 e. The molecular weight excluding hydrogens is 290 g/mol. The van der Waals surface area contributed by atoms with E-state index in [1.807, 2.05) is 42.5 Å². The Morgan fingerprint density at radius 3 is 2.78 bits per heavy atom. The zero-order valence-electron chi connectivity index (χ0n) is 13.1. The second-order valence-corrected chi connectivity index (χ2v) is 6.41. The maximum atomic E-state index is 12.5. The molecular formula is C19H21NO3. The van der Waals surface area contributed by atoms with E-state index in [0.717, 1.165) is 36.5 Å². The molecule has 2 fully saturated rings. The highest BCUT2D eigenvalue weighted by Gasteiger charge is 2.43. The van der Waals surface area contributed by atoms with E-state index in [2.05, 4.69) is 5.32 Å². The van der Waals surface area contributed by atoms with E-state index in [4.69, 9.17) is 9.47 Å². The summed E-state index contributed by atoms with van der Waals surface area (Å²) in [5.74, 6) is -0.424. The topological polar surface area (TPSA) is 47.6 Å². The molecule has 1 amide bonds. The van der Waals surface area contributed by atoms with Gasteiger partial charge in [0.05, 0.1) is 6.61 Å². The minimum absolute atomic E-state index is 0.0490. The van der Waals surface area contributed by atoms with Crippen LogP contribution in [-0.4, -0.2) is 30.9 Å². The molecule has 1 saturated heterocycles. The van der Waals surface area contributed by atoms with E-state index in [1.54, 1.807) is 0 Å². The van der Waals surface area contributed by atoms with Crippen LogP contribution in [0.2, 0.25) is 0 Å². The number of amides is 1. The number of fused-ring (bicyclic) bond motifs is 1. The van der Waals surface area contributed by atoms with E-state index in [1.165, 1.54) is 0 Å². The van der Waals surface area contributed by atoms with Crippen LogP contribution in [0.25, 0.3) is 10.8 Å². The highest BCUT2D eigenvalue weighted by molar-refractivity contribution is 6.06. The summed E-state index contributed by atoms with van der Waals surface area (Å²) in [6.07, 6.45) is 4.22. The molecule has 1 aliphatic carbocycles. The van der Waals surface area contributed by atoms with Crippen molar-refractivity contribution in [1.82, 2.24) is 5.32 Å². The number of carbonyl (C=O) groups excluding carboxylic acids is 1. The predicted octanol–water partition coefficient (Wildman–Crippen LogP) is 3.26. The van der Waals surface area contributed by atoms with Gasteiger partial charge < -0.3 is 14.8 Å². The van der Waals surface area contributed by atoms with Crippen molar-refractivity contribution in [1.29, 1.82) is 0 Å². The average Bonchev–Trinajstić information content (AvgIpc) is 3.22. The van der Waals surface area contributed by atoms with Gasteiger partial charge in [-0.1, -0.05) is 36.4 Å². The van der Waals surface area contributed by atoms with Crippen molar-refractivity contribution in [2.75, 3.05) is 13.2 Å². The van der Waals surface area contributed by atoms with Crippen molar-refractivity contribution in [3.05, 3.63) is 48.0 Å². The average molecular weight is 311 g/mol. The molecule has 0 unspecified atom stereocenters. The fraction of sp³-hybridized carbons (Fsp3) is 0.421. The number of benzene rings is 2. The van der Waals surface area contributed by atoms with Gasteiger partial charge in [-0.05, 0) is 29.7 Å². The molecule has 2 aromatic rings. The van der Waals surface area contributed by atoms with E-state index in [-0.39, 0.29) is 17.8 Å². The SMILES string of the molecule is O=C(NC[C@H]1COC2(CCCC2)O1)c1cccc2ccccc12. The molecule has 1 atom stereocenters. The van der Waals surface area contributed by atoms with Crippen LogP contribution in [0.4, 0.5) is 0 Å². The summed E-state index contributed by atoms with van der Waals surface area (Å²) in [5.41, 5.74) is 0.706. The molecule has 2 aliphatic rings. The van der Waals surface area contributed by atoms with Crippen molar-refractivity contribution in [2.45, 2.75) is 37.6 Å². The lowest BCUT2D eigenvalue weighted by molar-refractivity contribution is -0.161. The van der Waals surface area contributed by atoms with Gasteiger partial charge in [-0.15, -0.1) is 0 Å². The summed E-state index contributed by atoms with van der Waals surface area (Å²) in [6, 6.07) is 13.7. The summed E-state index contributed by atoms with van der Waals surface area (Å²) in [5, 5.41) is 5.05. The van der Waals surface area contributed by atoms with Gasteiger partial charge in [-0.2, -0.15) is 0 Å². The van der Waals surface area contributed by atoms with Crippen LogP contribution in [0.15, 0.2) is 42.5 Å². The third kappa shape index (κ3) is 2.84. The van der Waals surface area contributed by atoms with Gasteiger partial charge >= 0.3 is 0 Å². The Morgan fingerprint density at radius 1 is 1.13 bits per heavy atom. The van der Waals surface area contributed by atoms with Gasteiger partial charge in [-0.3, -0.25) is 4.79 Å². The minimum atomic E-state index is -0.366. The van der Waals surface area contributed by atoms with Gasteiger partial charge in [-0.25, -0.2) is 0 Å². The Morgan fingerprint density at radius 2 is 1.91 bits per heavy atom. The smallest absolute Gasteiger partial charge is 0.252 e. The van der Waals surface area contributed by atoms with Gasteiger partial charge in [0.25, 0.3) is 5.91 Å². The molecule has 0 aromatic heterocycles. The van der Waals surface area contributed by atoms with Crippen LogP contribution < -0.4 is 5.32 Å². The lowest BCUT2D eigenvalue weighted by Crippen LogP contribution is -2.35. The first-order valence-electron chi connectivity index (χ1n) is 8.34. The summed E-state index contributed by atoms with van der Waals surface area (Å²) in [4.78, 5) is 12.5. The Bertz CT molecular complexity index is 716. The highest BCUT2D eigenvalue weighted by atomic mass is 16.7. The van der Waals surface area contributed by atoms with Gasteiger partial charge in [0.2, 0.25) is 0 Å². The zero-order valence-corrected chi connectivity index (χ0v) is 13.1. The van der Waals surface area contributed by atoms with Crippen LogP contribution in [0, 0.1) is 0 Å². The molecule has 0 bridgehead atoms. The molecule has 4 rings (SSSR count). The molecule has 23 heavy (non-hydrogen) atoms. The molecule has 120 valence electrons. The second-order valence-electron chi connectivity index (χ2n) is 6.41. The minimum Gasteiger partial charge on any atom is -0.349 e. The van der Waals surface area contributed by atoms with Crippen LogP contribution in [-0.2, 0) is 9.47 Å². The number of carbonyl (C=O) groups is 1. The van der Waals surface area contributed by atoms with Gasteiger partial charge in [0, 0.05) is 24.9 Å². The van der Waals surface area contributed by atoms with Crippen LogP contribution in [0.5, 0.6) is 0 Å². The first kappa shape index (κ1) is 14.7. The van der Waals surface area contributed by atoms with Gasteiger partial charge in [0.1, 0.15) is 6.10 Å². The second kappa shape index (κ2) is 5.95. The van der Waals surface area contributed by atoms with E-state index in [0.29, 0.717) is 18.7 Å². The normalized spacial score (nSPS) is 22.7. The number of nitrogens with one attached hydrogen (secondary N) is 1. The van der Waals surface area contributed by atoms with Crippen LogP contribution in [0.3, 0.4) is 0 Å². The third-order valence-corrected chi connectivity index (χ3v) is 4.80. The van der Waals surface area contributed by atoms with E-state index < -0.39 is 0 Å². The quantitative estimate of drug-likeness (QED) is 0.946. The Hall–Kier alpha value is -1.91. The summed E-state index contributed by atoms with van der Waals surface area (Å²) >= 11 is 0. The van der Waals surface area contributed by atoms with Crippen molar-refractivity contribution < 1.29 is 14.3 Å². The van der Waals surface area contributed by atoms with Crippen molar-refractivity contribution in [3.63, 3.8) is 0 Å². The summed E-state index contributed by atoms with van der Waals surface area (Å²) in [7, 11) is 0. The molecule has 1 aliphatic heterocycles. The maximum absolute atomic E-state index is 12.5. The van der Waals surface area contributed by atoms with E-state index >= 15 is 0 Å². The molecule has 1 heterocycles. The Labute approximate surface area is 135 Å². The van der Waals surface area contributed by atoms with Gasteiger partial charge in [0.15, 0.2) is 5.79 Å².